The average molecular weight is 384 g/mol. The Morgan fingerprint density at radius 2 is 1.43 bits per heavy atom. The van der Waals surface area contributed by atoms with Crippen molar-refractivity contribution in [2.75, 3.05) is 0 Å². The van der Waals surface area contributed by atoms with Gasteiger partial charge in [-0.15, -0.1) is 0 Å². The Kier molecular flexibility index (Phi) is 9.35. The summed E-state index contributed by atoms with van der Waals surface area (Å²) < 4.78 is 0. The lowest BCUT2D eigenvalue weighted by atomic mass is 9.68. The molecule has 0 amide bonds. The van der Waals surface area contributed by atoms with Crippen LogP contribution in [-0.4, -0.2) is 4.98 Å². The van der Waals surface area contributed by atoms with Crippen LogP contribution in [0.4, 0.5) is 0 Å². The standard InChI is InChI=1S/C27H45N/c1-3-5-6-7-8-10-23-13-20-27(28-21-23)26-18-16-25(17-19-26)24-14-11-22(9-4-2)12-15-24/h13,20-22,24-26H,3-12,14-19H2,1-2H3. The maximum Gasteiger partial charge on any atom is 0.0434 e. The summed E-state index contributed by atoms with van der Waals surface area (Å²) in [6.45, 7) is 4.63. The highest BCUT2D eigenvalue weighted by atomic mass is 14.7. The van der Waals surface area contributed by atoms with Crippen molar-refractivity contribution in [1.82, 2.24) is 4.98 Å². The molecule has 0 aliphatic heterocycles. The second-order valence-corrected chi connectivity index (χ2v) is 9.94. The quantitative estimate of drug-likeness (QED) is 0.369. The lowest BCUT2D eigenvalue weighted by molar-refractivity contribution is 0.156. The fourth-order valence-corrected chi connectivity index (χ4v) is 6.00. The Labute approximate surface area is 175 Å². The molecule has 0 bridgehead atoms. The Hall–Kier alpha value is -0.850. The van der Waals surface area contributed by atoms with Crippen LogP contribution in [0.3, 0.4) is 0 Å². The van der Waals surface area contributed by atoms with E-state index in [9.17, 15) is 0 Å². The Morgan fingerprint density at radius 1 is 0.750 bits per heavy atom. The summed E-state index contributed by atoms with van der Waals surface area (Å²) in [5, 5.41) is 0. The van der Waals surface area contributed by atoms with E-state index in [1.807, 2.05) is 0 Å². The number of hydrogen-bond donors (Lipinski definition) is 0. The van der Waals surface area contributed by atoms with E-state index in [2.05, 4.69) is 32.2 Å². The van der Waals surface area contributed by atoms with E-state index in [-0.39, 0.29) is 0 Å². The minimum atomic E-state index is 0.728. The molecule has 28 heavy (non-hydrogen) atoms. The fraction of sp³-hybridized carbons (Fsp3) is 0.815. The summed E-state index contributed by atoms with van der Waals surface area (Å²) in [7, 11) is 0. The Bertz CT molecular complexity index is 518. The van der Waals surface area contributed by atoms with Gasteiger partial charge in [0, 0.05) is 17.8 Å². The topological polar surface area (TPSA) is 12.9 Å². The zero-order valence-electron chi connectivity index (χ0n) is 18.8. The maximum absolute atomic E-state index is 4.89. The van der Waals surface area contributed by atoms with Crippen LogP contribution in [0.2, 0.25) is 0 Å². The number of rotatable bonds is 10. The van der Waals surface area contributed by atoms with Crippen LogP contribution in [0.5, 0.6) is 0 Å². The van der Waals surface area contributed by atoms with Crippen molar-refractivity contribution in [2.24, 2.45) is 17.8 Å². The van der Waals surface area contributed by atoms with Gasteiger partial charge in [-0.05, 0) is 80.8 Å². The Balaban J connectivity index is 1.37. The van der Waals surface area contributed by atoms with E-state index in [0.29, 0.717) is 0 Å². The smallest absolute Gasteiger partial charge is 0.0434 e. The summed E-state index contributed by atoms with van der Waals surface area (Å²) in [5.41, 5.74) is 2.82. The van der Waals surface area contributed by atoms with Crippen LogP contribution in [0.15, 0.2) is 18.3 Å². The van der Waals surface area contributed by atoms with Gasteiger partial charge in [-0.2, -0.15) is 0 Å². The zero-order chi connectivity index (χ0) is 19.6. The third-order valence-electron chi connectivity index (χ3n) is 7.86. The minimum Gasteiger partial charge on any atom is -0.261 e. The summed E-state index contributed by atoms with van der Waals surface area (Å²) in [6, 6.07) is 4.71. The molecule has 2 fully saturated rings. The number of unbranched alkanes of at least 4 members (excludes halogenated alkanes) is 4. The molecule has 0 radical (unpaired) electrons. The number of aryl methyl sites for hydroxylation is 1. The first-order valence-electron chi connectivity index (χ1n) is 12.7. The fourth-order valence-electron chi connectivity index (χ4n) is 6.00. The predicted molar refractivity (Wildman–Crippen MR) is 122 cm³/mol. The zero-order valence-corrected chi connectivity index (χ0v) is 18.8. The molecule has 0 spiro atoms. The lowest BCUT2D eigenvalue weighted by Crippen LogP contribution is -2.25. The van der Waals surface area contributed by atoms with Crippen LogP contribution in [0.1, 0.15) is 127 Å². The SMILES string of the molecule is CCCCCCCc1ccc(C2CCC(C3CCC(CCC)CC3)CC2)nc1. The van der Waals surface area contributed by atoms with Crippen molar-refractivity contribution in [1.29, 1.82) is 0 Å². The summed E-state index contributed by atoms with van der Waals surface area (Å²) in [5.74, 6) is 3.83. The van der Waals surface area contributed by atoms with Gasteiger partial charge in [0.25, 0.3) is 0 Å². The lowest BCUT2D eigenvalue weighted by Gasteiger charge is -2.37. The summed E-state index contributed by atoms with van der Waals surface area (Å²) in [6.07, 6.45) is 24.8. The van der Waals surface area contributed by atoms with Crippen LogP contribution in [-0.2, 0) is 6.42 Å². The molecule has 1 aromatic heterocycles. The first-order valence-corrected chi connectivity index (χ1v) is 12.7. The number of nitrogens with zero attached hydrogens (tertiary/aromatic N) is 1. The Morgan fingerprint density at radius 3 is 2.04 bits per heavy atom. The van der Waals surface area contributed by atoms with Crippen LogP contribution in [0.25, 0.3) is 0 Å². The summed E-state index contributed by atoms with van der Waals surface area (Å²) in [4.78, 5) is 4.89. The molecule has 2 aliphatic carbocycles. The molecule has 0 N–H and O–H groups in total. The highest BCUT2D eigenvalue weighted by Crippen LogP contribution is 2.44. The van der Waals surface area contributed by atoms with E-state index in [4.69, 9.17) is 4.98 Å². The molecule has 0 saturated heterocycles. The van der Waals surface area contributed by atoms with Crippen molar-refractivity contribution >= 4 is 0 Å². The van der Waals surface area contributed by atoms with Gasteiger partial charge < -0.3 is 0 Å². The van der Waals surface area contributed by atoms with Crippen molar-refractivity contribution in [2.45, 2.75) is 122 Å². The molecule has 1 aromatic rings. The van der Waals surface area contributed by atoms with Gasteiger partial charge >= 0.3 is 0 Å². The molecule has 1 nitrogen and oxygen atoms in total. The van der Waals surface area contributed by atoms with Gasteiger partial charge in [-0.25, -0.2) is 0 Å². The maximum atomic E-state index is 4.89. The monoisotopic (exact) mass is 383 g/mol. The number of aromatic nitrogens is 1. The number of pyridine rings is 1. The van der Waals surface area contributed by atoms with Gasteiger partial charge in [0.1, 0.15) is 0 Å². The number of hydrogen-bond acceptors (Lipinski definition) is 1. The minimum absolute atomic E-state index is 0.728. The molecular formula is C27H45N. The molecule has 0 unspecified atom stereocenters. The molecule has 0 aromatic carbocycles. The molecule has 2 aliphatic rings. The van der Waals surface area contributed by atoms with Gasteiger partial charge in [-0.3, -0.25) is 4.98 Å². The average Bonchev–Trinajstić information content (AvgIpc) is 2.75. The van der Waals surface area contributed by atoms with Crippen molar-refractivity contribution in [3.05, 3.63) is 29.6 Å². The molecular weight excluding hydrogens is 338 g/mol. The van der Waals surface area contributed by atoms with Gasteiger partial charge in [0.15, 0.2) is 0 Å². The van der Waals surface area contributed by atoms with Gasteiger partial charge in [0.05, 0.1) is 0 Å². The van der Waals surface area contributed by atoms with E-state index in [1.165, 1.54) is 114 Å². The molecule has 1 heteroatoms. The predicted octanol–water partition coefficient (Wildman–Crippen LogP) is 8.47. The summed E-state index contributed by atoms with van der Waals surface area (Å²) >= 11 is 0. The first kappa shape index (κ1) is 21.8. The normalized spacial score (nSPS) is 28.4. The van der Waals surface area contributed by atoms with E-state index < -0.39 is 0 Å². The van der Waals surface area contributed by atoms with Gasteiger partial charge in [0.2, 0.25) is 0 Å². The highest BCUT2D eigenvalue weighted by molar-refractivity contribution is 5.17. The molecule has 3 rings (SSSR count). The van der Waals surface area contributed by atoms with Crippen LogP contribution >= 0.6 is 0 Å². The third-order valence-corrected chi connectivity index (χ3v) is 7.86. The van der Waals surface area contributed by atoms with E-state index in [0.717, 1.165) is 23.7 Å². The first-order chi connectivity index (χ1) is 13.8. The van der Waals surface area contributed by atoms with Crippen molar-refractivity contribution < 1.29 is 0 Å². The second kappa shape index (κ2) is 12.0. The molecule has 2 saturated carbocycles. The highest BCUT2D eigenvalue weighted by Gasteiger charge is 2.31. The molecule has 158 valence electrons. The van der Waals surface area contributed by atoms with E-state index in [1.54, 1.807) is 0 Å². The molecule has 1 heterocycles. The van der Waals surface area contributed by atoms with Crippen LogP contribution < -0.4 is 0 Å². The largest absolute Gasteiger partial charge is 0.261 e. The van der Waals surface area contributed by atoms with Gasteiger partial charge in [-0.1, -0.05) is 71.3 Å². The molecule has 0 atom stereocenters. The van der Waals surface area contributed by atoms with E-state index >= 15 is 0 Å². The third kappa shape index (κ3) is 6.60. The van der Waals surface area contributed by atoms with Crippen molar-refractivity contribution in [3.63, 3.8) is 0 Å². The van der Waals surface area contributed by atoms with Crippen molar-refractivity contribution in [3.8, 4) is 0 Å². The van der Waals surface area contributed by atoms with Crippen LogP contribution in [0, 0.1) is 17.8 Å². The second-order valence-electron chi connectivity index (χ2n) is 9.94.